The number of phosphoric ester groups is 1. The van der Waals surface area contributed by atoms with Gasteiger partial charge in [0.25, 0.3) is 0 Å². The van der Waals surface area contributed by atoms with E-state index in [1.807, 2.05) is 0 Å². The van der Waals surface area contributed by atoms with E-state index in [2.05, 4.69) is 160 Å². The maximum atomic E-state index is 12.8. The van der Waals surface area contributed by atoms with Crippen LogP contribution < -0.4 is 5.73 Å². The van der Waals surface area contributed by atoms with Gasteiger partial charge in [0.05, 0.1) is 13.2 Å². The number of carbonyl (C=O) groups is 2. The molecule has 0 aliphatic rings. The molecular formula is C80H136NO8P. The second-order valence-corrected chi connectivity index (χ2v) is 25.5. The average molecular weight is 1270 g/mol. The molecule has 0 saturated heterocycles. The number of unbranched alkanes of at least 4 members (excludes halogenated alkanes) is 31. The first-order valence-electron chi connectivity index (χ1n) is 36.8. The zero-order valence-corrected chi connectivity index (χ0v) is 58.7. The van der Waals surface area contributed by atoms with Crippen LogP contribution in [-0.4, -0.2) is 49.3 Å². The van der Waals surface area contributed by atoms with Crippen molar-refractivity contribution in [3.63, 3.8) is 0 Å². The van der Waals surface area contributed by atoms with E-state index in [-0.39, 0.29) is 32.6 Å². The minimum atomic E-state index is -4.42. The summed E-state index contributed by atoms with van der Waals surface area (Å²) in [6.07, 6.45) is 107. The lowest BCUT2D eigenvalue weighted by Crippen LogP contribution is -2.29. The van der Waals surface area contributed by atoms with E-state index >= 15 is 0 Å². The van der Waals surface area contributed by atoms with E-state index in [1.54, 1.807) is 0 Å². The molecule has 2 unspecified atom stereocenters. The van der Waals surface area contributed by atoms with Gasteiger partial charge >= 0.3 is 19.8 Å². The molecule has 2 atom stereocenters. The summed E-state index contributed by atoms with van der Waals surface area (Å²) in [6, 6.07) is 0. The number of rotatable bonds is 68. The van der Waals surface area contributed by atoms with Gasteiger partial charge in [0.1, 0.15) is 6.61 Å². The predicted molar refractivity (Wildman–Crippen MR) is 390 cm³/mol. The Morgan fingerprint density at radius 2 is 0.611 bits per heavy atom. The molecule has 0 amide bonds. The van der Waals surface area contributed by atoms with Crippen LogP contribution >= 0.6 is 7.82 Å². The predicted octanol–water partition coefficient (Wildman–Crippen LogP) is 24.6. The molecule has 0 aromatic rings. The van der Waals surface area contributed by atoms with Gasteiger partial charge < -0.3 is 20.1 Å². The molecule has 0 bridgehead atoms. The molecule has 9 nitrogen and oxygen atoms in total. The molecule has 0 aliphatic heterocycles. The standard InChI is InChI=1S/C80H136NO8P/c1-3-5-7-9-11-13-15-17-19-21-23-25-27-29-31-33-35-36-37-38-39-40-41-42-43-45-47-49-51-53-55-57-59-61-63-65-67-69-71-73-80(83)89-78(77-88-90(84,85)87-75-74-81)76-86-79(82)72-70-68-66-64-62-60-58-56-54-52-50-48-46-44-34-32-30-28-26-24-22-20-18-16-14-12-10-8-6-4-2/h5,7,11,13,17,19,23,25,29,31,35-36,38-39,41-42,45,47,51,53,57,59,63,65,78H,3-4,6,8-10,12,14-16,18,20-22,24,26-28,30,32-34,37,40,43-44,46,48-50,52,54-56,58,60-62,64,66-77,81H2,1-2H3,(H,84,85)/b7-5-,13-11-,19-17-,25-23-,31-29-,36-35-,39-38-,42-41-,47-45-,53-51-,59-57-,65-63-. The minimum absolute atomic E-state index is 0.0402. The molecule has 0 aromatic carbocycles. The molecule has 0 saturated carbocycles. The highest BCUT2D eigenvalue weighted by Gasteiger charge is 2.26. The van der Waals surface area contributed by atoms with Crippen LogP contribution in [0.2, 0.25) is 0 Å². The second-order valence-electron chi connectivity index (χ2n) is 24.1. The summed E-state index contributed by atoms with van der Waals surface area (Å²) in [5.74, 6) is -0.877. The van der Waals surface area contributed by atoms with Crippen molar-refractivity contribution in [3.05, 3.63) is 146 Å². The number of ether oxygens (including phenoxy) is 2. The average Bonchev–Trinajstić information content (AvgIpc) is 3.75. The number of hydrogen-bond donors (Lipinski definition) is 2. The number of esters is 2. The molecule has 514 valence electrons. The van der Waals surface area contributed by atoms with Crippen LogP contribution in [-0.2, 0) is 32.7 Å². The first kappa shape index (κ1) is 85.9. The van der Waals surface area contributed by atoms with E-state index in [4.69, 9.17) is 24.3 Å². The third-order valence-electron chi connectivity index (χ3n) is 15.5. The van der Waals surface area contributed by atoms with Crippen LogP contribution in [0.3, 0.4) is 0 Å². The third-order valence-corrected chi connectivity index (χ3v) is 16.5. The fraction of sp³-hybridized carbons (Fsp3) is 0.675. The Balaban J connectivity index is 3.99. The highest BCUT2D eigenvalue weighted by molar-refractivity contribution is 7.47. The molecule has 90 heavy (non-hydrogen) atoms. The summed E-state index contributed by atoms with van der Waals surface area (Å²) in [5.41, 5.74) is 5.40. The molecule has 0 radical (unpaired) electrons. The fourth-order valence-electron chi connectivity index (χ4n) is 10.1. The SMILES string of the molecule is CC/C=C\C/C=C\C/C=C\C/C=C\C/C=C\C/C=C\C/C=C\C/C=C\C/C=C\C/C=C\C/C=C\C/C=C\CCCCC(=O)OC(COC(=O)CCCCCCCCCCCCCCCCCCCCCCCCCCCCCCCC)COP(=O)(O)OCCN. The smallest absolute Gasteiger partial charge is 0.462 e. The summed E-state index contributed by atoms with van der Waals surface area (Å²) >= 11 is 0. The van der Waals surface area contributed by atoms with E-state index in [0.29, 0.717) is 6.42 Å². The quantitative estimate of drug-likeness (QED) is 0.0264. The van der Waals surface area contributed by atoms with Crippen molar-refractivity contribution in [1.29, 1.82) is 0 Å². The Labute approximate surface area is 554 Å². The number of allylic oxidation sites excluding steroid dienone is 24. The Hall–Kier alpha value is -4.11. The van der Waals surface area contributed by atoms with Crippen molar-refractivity contribution in [2.75, 3.05) is 26.4 Å². The van der Waals surface area contributed by atoms with Crippen molar-refractivity contribution >= 4 is 19.8 Å². The summed E-state index contributed by atoms with van der Waals surface area (Å²) in [4.78, 5) is 35.4. The highest BCUT2D eigenvalue weighted by Crippen LogP contribution is 2.43. The Morgan fingerprint density at radius 3 is 0.911 bits per heavy atom. The number of hydrogen-bond acceptors (Lipinski definition) is 8. The monoisotopic (exact) mass is 1270 g/mol. The largest absolute Gasteiger partial charge is 0.472 e. The van der Waals surface area contributed by atoms with Gasteiger partial charge in [0, 0.05) is 19.4 Å². The van der Waals surface area contributed by atoms with Crippen LogP contribution in [0, 0.1) is 0 Å². The zero-order valence-electron chi connectivity index (χ0n) is 57.8. The van der Waals surface area contributed by atoms with Crippen molar-refractivity contribution in [2.24, 2.45) is 5.73 Å². The second kappa shape index (κ2) is 73.9. The fourth-order valence-corrected chi connectivity index (χ4v) is 10.9. The summed E-state index contributed by atoms with van der Waals surface area (Å²) in [5, 5.41) is 0. The molecule has 0 heterocycles. The van der Waals surface area contributed by atoms with E-state index in [9.17, 15) is 19.0 Å². The van der Waals surface area contributed by atoms with Crippen molar-refractivity contribution in [2.45, 2.75) is 322 Å². The topological polar surface area (TPSA) is 134 Å². The van der Waals surface area contributed by atoms with Crippen molar-refractivity contribution < 1.29 is 37.6 Å². The van der Waals surface area contributed by atoms with Gasteiger partial charge in [-0.3, -0.25) is 18.6 Å². The minimum Gasteiger partial charge on any atom is -0.462 e. The Bertz CT molecular complexity index is 1990. The number of phosphoric acid groups is 1. The van der Waals surface area contributed by atoms with Gasteiger partial charge in [0.15, 0.2) is 6.10 Å². The first-order valence-corrected chi connectivity index (χ1v) is 38.3. The van der Waals surface area contributed by atoms with Gasteiger partial charge in [-0.15, -0.1) is 0 Å². The van der Waals surface area contributed by atoms with Crippen LogP contribution in [0.25, 0.3) is 0 Å². The molecule has 0 spiro atoms. The normalized spacial score (nSPS) is 13.8. The first-order chi connectivity index (χ1) is 44.3. The van der Waals surface area contributed by atoms with E-state index < -0.39 is 32.5 Å². The lowest BCUT2D eigenvalue weighted by atomic mass is 10.0. The van der Waals surface area contributed by atoms with Crippen LogP contribution in [0.4, 0.5) is 0 Å². The Kier molecular flexibility index (Phi) is 70.6. The third kappa shape index (κ3) is 72.9. The summed E-state index contributed by atoms with van der Waals surface area (Å²) < 4.78 is 33.1. The molecule has 0 aromatic heterocycles. The van der Waals surface area contributed by atoms with E-state index in [0.717, 1.165) is 109 Å². The van der Waals surface area contributed by atoms with Gasteiger partial charge in [-0.05, 0) is 103 Å². The molecule has 3 N–H and O–H groups in total. The van der Waals surface area contributed by atoms with Gasteiger partial charge in [-0.2, -0.15) is 0 Å². The van der Waals surface area contributed by atoms with Crippen LogP contribution in [0.15, 0.2) is 146 Å². The molecule has 10 heteroatoms. The lowest BCUT2D eigenvalue weighted by Gasteiger charge is -2.19. The summed E-state index contributed by atoms with van der Waals surface area (Å²) in [7, 11) is -4.42. The lowest BCUT2D eigenvalue weighted by molar-refractivity contribution is -0.161. The molecular weight excluding hydrogens is 1130 g/mol. The Morgan fingerprint density at radius 1 is 0.344 bits per heavy atom. The number of nitrogens with two attached hydrogens (primary N) is 1. The number of carbonyl (C=O) groups excluding carboxylic acids is 2. The molecule has 0 fully saturated rings. The highest BCUT2D eigenvalue weighted by atomic mass is 31.2. The maximum absolute atomic E-state index is 12.8. The van der Waals surface area contributed by atoms with Crippen molar-refractivity contribution in [3.8, 4) is 0 Å². The van der Waals surface area contributed by atoms with Crippen molar-refractivity contribution in [1.82, 2.24) is 0 Å². The van der Waals surface area contributed by atoms with Gasteiger partial charge in [0.2, 0.25) is 0 Å². The summed E-state index contributed by atoms with van der Waals surface area (Å²) in [6.45, 7) is 3.61. The zero-order chi connectivity index (χ0) is 65.1. The molecule has 0 aliphatic carbocycles. The molecule has 0 rings (SSSR count). The van der Waals surface area contributed by atoms with E-state index in [1.165, 1.54) is 173 Å². The van der Waals surface area contributed by atoms with Crippen LogP contribution in [0.1, 0.15) is 316 Å². The van der Waals surface area contributed by atoms with Crippen LogP contribution in [0.5, 0.6) is 0 Å². The van der Waals surface area contributed by atoms with Gasteiger partial charge in [-0.1, -0.05) is 346 Å². The maximum Gasteiger partial charge on any atom is 0.472 e. The van der Waals surface area contributed by atoms with Gasteiger partial charge in [-0.25, -0.2) is 4.57 Å².